The predicted octanol–water partition coefficient (Wildman–Crippen LogP) is 1.92. The number of ether oxygens (including phenoxy) is 1. The molecule has 0 bridgehead atoms. The minimum atomic E-state index is 0.268. The van der Waals surface area contributed by atoms with E-state index in [2.05, 4.69) is 41.8 Å². The molecule has 0 spiro atoms. The smallest absolute Gasteiger partial charge is 0.232 e. The normalized spacial score (nSPS) is 17.7. The summed E-state index contributed by atoms with van der Waals surface area (Å²) in [5.41, 5.74) is 2.42. The van der Waals surface area contributed by atoms with Gasteiger partial charge in [-0.25, -0.2) is 4.98 Å². The molecular weight excluding hydrogens is 316 g/mol. The molecule has 3 aromatic heterocycles. The van der Waals surface area contributed by atoms with Crippen LogP contribution in [0.15, 0.2) is 55.4 Å². The summed E-state index contributed by atoms with van der Waals surface area (Å²) in [6.45, 7) is 3.13. The zero-order chi connectivity index (χ0) is 16.9. The van der Waals surface area contributed by atoms with Crippen molar-refractivity contribution in [3.8, 4) is 5.88 Å². The number of hydrogen-bond acceptors (Lipinski definition) is 6. The van der Waals surface area contributed by atoms with Crippen molar-refractivity contribution in [3.63, 3.8) is 0 Å². The first-order valence-corrected chi connectivity index (χ1v) is 8.41. The second-order valence-corrected chi connectivity index (χ2v) is 6.11. The van der Waals surface area contributed by atoms with Gasteiger partial charge in [-0.3, -0.25) is 19.5 Å². The monoisotopic (exact) mass is 336 g/mol. The molecule has 7 nitrogen and oxygen atoms in total. The van der Waals surface area contributed by atoms with Crippen molar-refractivity contribution in [3.05, 3.63) is 66.6 Å². The minimum Gasteiger partial charge on any atom is -0.475 e. The molecule has 0 aromatic carbocycles. The number of nitrogens with zero attached hydrogens (tertiary/aromatic N) is 6. The summed E-state index contributed by atoms with van der Waals surface area (Å²) in [6.07, 6.45) is 11.5. The quantitative estimate of drug-likeness (QED) is 0.709. The van der Waals surface area contributed by atoms with Gasteiger partial charge in [-0.15, -0.1) is 0 Å². The number of aryl methyl sites for hydroxylation is 1. The molecule has 4 rings (SSSR count). The largest absolute Gasteiger partial charge is 0.475 e. The van der Waals surface area contributed by atoms with E-state index in [1.807, 2.05) is 18.5 Å². The van der Waals surface area contributed by atoms with Gasteiger partial charge in [0.2, 0.25) is 5.88 Å². The van der Waals surface area contributed by atoms with Gasteiger partial charge < -0.3 is 4.74 Å². The van der Waals surface area contributed by atoms with E-state index in [0.29, 0.717) is 12.5 Å². The van der Waals surface area contributed by atoms with Crippen molar-refractivity contribution < 1.29 is 4.74 Å². The molecular formula is C18H20N6O. The Bertz CT molecular complexity index is 792. The maximum Gasteiger partial charge on any atom is 0.232 e. The van der Waals surface area contributed by atoms with E-state index in [0.717, 1.165) is 26.1 Å². The van der Waals surface area contributed by atoms with E-state index in [4.69, 9.17) is 4.74 Å². The van der Waals surface area contributed by atoms with Gasteiger partial charge in [-0.2, -0.15) is 5.10 Å². The fourth-order valence-corrected chi connectivity index (χ4v) is 3.13. The van der Waals surface area contributed by atoms with Gasteiger partial charge in [-0.05, 0) is 24.1 Å². The lowest BCUT2D eigenvalue weighted by Crippen LogP contribution is -2.38. The third-order valence-electron chi connectivity index (χ3n) is 4.43. The van der Waals surface area contributed by atoms with Gasteiger partial charge in [0, 0.05) is 56.7 Å². The molecule has 0 amide bonds. The summed E-state index contributed by atoms with van der Waals surface area (Å²) in [7, 11) is 0. The maximum atomic E-state index is 5.88. The summed E-state index contributed by atoms with van der Waals surface area (Å²) >= 11 is 0. The maximum absolute atomic E-state index is 5.88. The average Bonchev–Trinajstić information content (AvgIpc) is 3.03. The van der Waals surface area contributed by atoms with Crippen LogP contribution in [-0.4, -0.2) is 42.3 Å². The van der Waals surface area contributed by atoms with Crippen LogP contribution in [0.3, 0.4) is 0 Å². The Labute approximate surface area is 146 Å². The lowest BCUT2D eigenvalue weighted by Gasteiger charge is -2.29. The van der Waals surface area contributed by atoms with Crippen LogP contribution in [0.25, 0.3) is 0 Å². The topological polar surface area (TPSA) is 69.0 Å². The zero-order valence-corrected chi connectivity index (χ0v) is 13.9. The zero-order valence-electron chi connectivity index (χ0n) is 13.9. The fourth-order valence-electron chi connectivity index (χ4n) is 3.13. The van der Waals surface area contributed by atoms with E-state index in [1.165, 1.54) is 11.3 Å². The van der Waals surface area contributed by atoms with Crippen LogP contribution in [0.4, 0.5) is 0 Å². The van der Waals surface area contributed by atoms with Gasteiger partial charge in [0.1, 0.15) is 6.61 Å². The van der Waals surface area contributed by atoms with Crippen molar-refractivity contribution in [1.82, 2.24) is 29.6 Å². The summed E-state index contributed by atoms with van der Waals surface area (Å²) < 4.78 is 7.97. The van der Waals surface area contributed by atoms with Crippen molar-refractivity contribution in [1.29, 1.82) is 0 Å². The number of aromatic nitrogens is 5. The molecule has 3 aromatic rings. The molecule has 0 N–H and O–H groups in total. The first-order chi connectivity index (χ1) is 12.4. The second kappa shape index (κ2) is 7.40. The van der Waals surface area contributed by atoms with Gasteiger partial charge in [0.05, 0.1) is 11.9 Å². The van der Waals surface area contributed by atoms with Crippen LogP contribution >= 0.6 is 0 Å². The van der Waals surface area contributed by atoms with E-state index in [-0.39, 0.29) is 6.04 Å². The van der Waals surface area contributed by atoms with Crippen molar-refractivity contribution >= 4 is 0 Å². The van der Waals surface area contributed by atoms with Gasteiger partial charge in [0.25, 0.3) is 0 Å². The summed E-state index contributed by atoms with van der Waals surface area (Å²) in [5, 5.41) is 4.43. The molecule has 7 heteroatoms. The second-order valence-electron chi connectivity index (χ2n) is 6.11. The van der Waals surface area contributed by atoms with Crippen LogP contribution in [-0.2, 0) is 19.6 Å². The number of fused-ring (bicyclic) bond motifs is 1. The van der Waals surface area contributed by atoms with Crippen molar-refractivity contribution in [2.24, 2.45) is 0 Å². The minimum absolute atomic E-state index is 0.268. The Balaban J connectivity index is 1.51. The Morgan fingerprint density at radius 1 is 1.08 bits per heavy atom. The average molecular weight is 336 g/mol. The SMILES string of the molecule is c1cncc(CN2Cc3ccnn3CC[C@@H]2COc2cnccn2)c1. The Morgan fingerprint density at radius 3 is 2.88 bits per heavy atom. The lowest BCUT2D eigenvalue weighted by atomic mass is 10.1. The predicted molar refractivity (Wildman–Crippen MR) is 91.6 cm³/mol. The first-order valence-electron chi connectivity index (χ1n) is 8.41. The number of pyridine rings is 1. The van der Waals surface area contributed by atoms with Crippen molar-refractivity contribution in [2.45, 2.75) is 32.1 Å². The van der Waals surface area contributed by atoms with Crippen LogP contribution in [0, 0.1) is 0 Å². The highest BCUT2D eigenvalue weighted by Gasteiger charge is 2.25. The van der Waals surface area contributed by atoms with Crippen molar-refractivity contribution in [2.75, 3.05) is 6.61 Å². The molecule has 1 aliphatic heterocycles. The molecule has 4 heterocycles. The molecule has 25 heavy (non-hydrogen) atoms. The molecule has 0 unspecified atom stereocenters. The molecule has 128 valence electrons. The van der Waals surface area contributed by atoms with E-state index in [1.54, 1.807) is 24.8 Å². The third kappa shape index (κ3) is 3.83. The summed E-state index contributed by atoms with van der Waals surface area (Å²) in [5.74, 6) is 0.561. The molecule has 1 aliphatic rings. The van der Waals surface area contributed by atoms with E-state index in [9.17, 15) is 0 Å². The van der Waals surface area contributed by atoms with E-state index < -0.39 is 0 Å². The molecule has 0 saturated heterocycles. The summed E-state index contributed by atoms with van der Waals surface area (Å²) in [6, 6.07) is 6.43. The standard InChI is InChI=1S/C18H20N6O/c1-2-15(10-19-5-1)12-23-13-16-3-6-22-24(16)9-4-17(23)14-25-18-11-20-7-8-21-18/h1-3,5-8,10-11,17H,4,9,12-14H2/t17-/m1/s1. The van der Waals surface area contributed by atoms with Crippen LogP contribution in [0.2, 0.25) is 0 Å². The molecule has 0 saturated carbocycles. The number of hydrogen-bond donors (Lipinski definition) is 0. The number of rotatable bonds is 5. The molecule has 1 atom stereocenters. The molecule has 0 aliphatic carbocycles. The Hall–Kier alpha value is -2.80. The van der Waals surface area contributed by atoms with Gasteiger partial charge in [-0.1, -0.05) is 6.07 Å². The van der Waals surface area contributed by atoms with E-state index >= 15 is 0 Å². The molecule has 0 fully saturated rings. The van der Waals surface area contributed by atoms with Crippen LogP contribution in [0.1, 0.15) is 17.7 Å². The van der Waals surface area contributed by atoms with Crippen LogP contribution in [0.5, 0.6) is 5.88 Å². The Kier molecular flexibility index (Phi) is 4.65. The first kappa shape index (κ1) is 15.7. The lowest BCUT2D eigenvalue weighted by molar-refractivity contribution is 0.116. The Morgan fingerprint density at radius 2 is 2.04 bits per heavy atom. The van der Waals surface area contributed by atoms with Crippen LogP contribution < -0.4 is 4.74 Å². The fraction of sp³-hybridized carbons (Fsp3) is 0.333. The van der Waals surface area contributed by atoms with Gasteiger partial charge >= 0.3 is 0 Å². The highest BCUT2D eigenvalue weighted by Crippen LogP contribution is 2.20. The highest BCUT2D eigenvalue weighted by molar-refractivity contribution is 5.10. The highest BCUT2D eigenvalue weighted by atomic mass is 16.5. The molecule has 0 radical (unpaired) electrons. The summed E-state index contributed by atoms with van der Waals surface area (Å²) in [4.78, 5) is 14.9. The third-order valence-corrected chi connectivity index (χ3v) is 4.43. The van der Waals surface area contributed by atoms with Gasteiger partial charge in [0.15, 0.2) is 0 Å².